The molecule has 4 atom stereocenters. The van der Waals surface area contributed by atoms with Crippen LogP contribution in [0.4, 0.5) is 0 Å². The number of hydrogen-bond acceptors (Lipinski definition) is 2. The Balaban J connectivity index is 1.34. The van der Waals surface area contributed by atoms with E-state index in [1.807, 2.05) is 24.3 Å². The summed E-state index contributed by atoms with van der Waals surface area (Å²) in [4.78, 5) is 21.8. The number of hydrogen-bond donors (Lipinski definition) is 1. The fraction of sp³-hybridized carbons (Fsp3) is 0.542. The zero-order valence-electron chi connectivity index (χ0n) is 16.7. The highest BCUT2D eigenvalue weighted by atomic mass is 35.5. The Hall–Kier alpha value is -1.78. The van der Waals surface area contributed by atoms with Gasteiger partial charge in [-0.25, -0.2) is 0 Å². The molecule has 4 heterocycles. The van der Waals surface area contributed by atoms with Gasteiger partial charge in [-0.1, -0.05) is 35.7 Å². The van der Waals surface area contributed by atoms with Crippen molar-refractivity contribution < 1.29 is 4.79 Å². The van der Waals surface area contributed by atoms with Crippen LogP contribution in [-0.2, 0) is 0 Å². The molecule has 29 heavy (non-hydrogen) atoms. The molecule has 1 N–H and O–H groups in total. The van der Waals surface area contributed by atoms with Crippen LogP contribution in [0.5, 0.6) is 0 Å². The number of nitrogens with zero attached hydrogens (tertiary/aromatic N) is 2. The summed E-state index contributed by atoms with van der Waals surface area (Å²) in [5, 5.41) is 1.63. The topological polar surface area (TPSA) is 39.3 Å². The van der Waals surface area contributed by atoms with Crippen LogP contribution in [0.2, 0.25) is 5.02 Å². The second-order valence-electron chi connectivity index (χ2n) is 9.39. The molecule has 152 valence electrons. The average Bonchev–Trinajstić information content (AvgIpc) is 3.19. The Bertz CT molecular complexity index is 995. The molecule has 4 aliphatic rings. The third kappa shape index (κ3) is 2.87. The van der Waals surface area contributed by atoms with Gasteiger partial charge in [-0.2, -0.15) is 0 Å². The summed E-state index contributed by atoms with van der Waals surface area (Å²) in [5.74, 6) is 1.40. The Kier molecular flexibility index (Phi) is 4.28. The number of likely N-dealkylation sites (tertiary alicyclic amines) is 1. The summed E-state index contributed by atoms with van der Waals surface area (Å²) in [5.41, 5.74) is 3.14. The Morgan fingerprint density at radius 1 is 1.17 bits per heavy atom. The van der Waals surface area contributed by atoms with Crippen molar-refractivity contribution in [2.24, 2.45) is 11.8 Å². The summed E-state index contributed by atoms with van der Waals surface area (Å²) in [6.45, 7) is 3.25. The molecule has 0 saturated carbocycles. The monoisotopic (exact) mass is 409 g/mol. The van der Waals surface area contributed by atoms with Crippen molar-refractivity contribution >= 4 is 28.4 Å². The van der Waals surface area contributed by atoms with Gasteiger partial charge < -0.3 is 9.88 Å². The van der Waals surface area contributed by atoms with E-state index in [2.05, 4.69) is 20.9 Å². The number of fused-ring (bicyclic) bond motifs is 7. The molecule has 2 aromatic rings. The number of aromatic amines is 1. The first-order chi connectivity index (χ1) is 14.2. The maximum absolute atomic E-state index is 13.6. The Morgan fingerprint density at radius 3 is 3.00 bits per heavy atom. The van der Waals surface area contributed by atoms with Crippen molar-refractivity contribution in [2.45, 2.75) is 50.6 Å². The van der Waals surface area contributed by atoms with Crippen molar-refractivity contribution in [2.75, 3.05) is 19.6 Å². The van der Waals surface area contributed by atoms with Crippen molar-refractivity contribution in [1.82, 2.24) is 14.8 Å². The fourth-order valence-electron chi connectivity index (χ4n) is 6.59. The molecule has 1 aromatic carbocycles. The number of nitrogens with one attached hydrogen (secondary N) is 1. The number of carbonyl (C=O) groups excluding carboxylic acids is 1. The molecule has 3 fully saturated rings. The number of aromatic nitrogens is 1. The van der Waals surface area contributed by atoms with Crippen LogP contribution in [0, 0.1) is 11.8 Å². The lowest BCUT2D eigenvalue weighted by Crippen LogP contribution is -2.60. The molecule has 1 aliphatic carbocycles. The minimum Gasteiger partial charge on any atom is -0.350 e. The lowest BCUT2D eigenvalue weighted by molar-refractivity contribution is 0.00134. The van der Waals surface area contributed by atoms with Crippen LogP contribution < -0.4 is 0 Å². The molecular weight excluding hydrogens is 382 g/mol. The number of H-pyrrole nitrogens is 1. The van der Waals surface area contributed by atoms with Gasteiger partial charge in [0.1, 0.15) is 5.69 Å². The van der Waals surface area contributed by atoms with Crippen molar-refractivity contribution in [3.8, 4) is 0 Å². The first kappa shape index (κ1) is 18.0. The molecule has 0 radical (unpaired) electrons. The molecule has 2 bridgehead atoms. The highest BCUT2D eigenvalue weighted by Crippen LogP contribution is 2.45. The van der Waals surface area contributed by atoms with E-state index in [-0.39, 0.29) is 11.9 Å². The molecule has 1 amide bonds. The molecule has 1 aromatic heterocycles. The third-order valence-corrected chi connectivity index (χ3v) is 8.09. The third-order valence-electron chi connectivity index (χ3n) is 7.76. The lowest BCUT2D eigenvalue weighted by Gasteiger charge is -2.54. The maximum Gasteiger partial charge on any atom is 0.270 e. The molecule has 3 aliphatic heterocycles. The summed E-state index contributed by atoms with van der Waals surface area (Å²) in [7, 11) is 0. The number of amides is 1. The van der Waals surface area contributed by atoms with Gasteiger partial charge in [-0.3, -0.25) is 9.69 Å². The van der Waals surface area contributed by atoms with Crippen molar-refractivity contribution in [3.63, 3.8) is 0 Å². The van der Waals surface area contributed by atoms with E-state index in [4.69, 9.17) is 11.6 Å². The van der Waals surface area contributed by atoms with Gasteiger partial charge in [0.15, 0.2) is 0 Å². The molecule has 3 saturated heterocycles. The predicted molar refractivity (Wildman–Crippen MR) is 116 cm³/mol. The average molecular weight is 410 g/mol. The van der Waals surface area contributed by atoms with E-state index < -0.39 is 0 Å². The standard InChI is InChI=1S/C24H28ClN3O/c25-19-6-3-7-20-18(19)13-21(26-20)24(29)28-10-4-5-15-11-16-12-17(23(15)28)14-27-9-2-1-8-22(16)27/h3,6-7,11,13,16-17,22-23,26H,1-2,4-5,8-10,12,14H2/t16-,17+,22-,23+/m1/s1. The van der Waals surface area contributed by atoms with E-state index in [1.165, 1.54) is 37.8 Å². The van der Waals surface area contributed by atoms with Gasteiger partial charge >= 0.3 is 0 Å². The summed E-state index contributed by atoms with van der Waals surface area (Å²) in [6.07, 6.45) is 10.1. The number of piperidine rings is 3. The van der Waals surface area contributed by atoms with E-state index in [0.717, 1.165) is 42.9 Å². The fourth-order valence-corrected chi connectivity index (χ4v) is 6.82. The van der Waals surface area contributed by atoms with Gasteiger partial charge in [0.05, 0.1) is 6.04 Å². The van der Waals surface area contributed by atoms with Crippen LogP contribution in [0.25, 0.3) is 10.9 Å². The zero-order valence-corrected chi connectivity index (χ0v) is 17.5. The van der Waals surface area contributed by atoms with E-state index in [1.54, 1.807) is 0 Å². The normalized spacial score (nSPS) is 31.9. The summed E-state index contributed by atoms with van der Waals surface area (Å²) < 4.78 is 0. The quantitative estimate of drug-likeness (QED) is 0.683. The molecule has 0 spiro atoms. The molecule has 0 unspecified atom stereocenters. The smallest absolute Gasteiger partial charge is 0.270 e. The van der Waals surface area contributed by atoms with Crippen LogP contribution in [0.15, 0.2) is 35.9 Å². The predicted octanol–water partition coefficient (Wildman–Crippen LogP) is 4.86. The molecule has 4 nitrogen and oxygen atoms in total. The van der Waals surface area contributed by atoms with Crippen LogP contribution in [0.3, 0.4) is 0 Å². The maximum atomic E-state index is 13.6. The SMILES string of the molecule is O=C(c1cc2c(Cl)cccc2[nH]1)N1CCCC2=C[C@@H]3C[C@@H](CN4CCCC[C@H]34)[C@H]21. The van der Waals surface area contributed by atoms with Gasteiger partial charge in [0, 0.05) is 35.1 Å². The van der Waals surface area contributed by atoms with Crippen LogP contribution >= 0.6 is 11.6 Å². The van der Waals surface area contributed by atoms with Crippen LogP contribution in [0.1, 0.15) is 49.0 Å². The number of rotatable bonds is 1. The minimum atomic E-state index is 0.132. The largest absolute Gasteiger partial charge is 0.350 e. The zero-order chi connectivity index (χ0) is 19.5. The highest BCUT2D eigenvalue weighted by Gasteiger charge is 2.47. The second kappa shape index (κ2) is 6.88. The lowest BCUT2D eigenvalue weighted by atomic mass is 9.68. The van der Waals surface area contributed by atoms with Crippen molar-refractivity contribution in [3.05, 3.63) is 46.6 Å². The first-order valence-electron chi connectivity index (χ1n) is 11.2. The van der Waals surface area contributed by atoms with Crippen molar-refractivity contribution in [1.29, 1.82) is 0 Å². The summed E-state index contributed by atoms with van der Waals surface area (Å²) >= 11 is 6.35. The Labute approximate surface area is 176 Å². The number of benzene rings is 1. The number of carbonyl (C=O) groups is 1. The molecule has 5 heteroatoms. The van der Waals surface area contributed by atoms with Gasteiger partial charge in [-0.05, 0) is 68.7 Å². The van der Waals surface area contributed by atoms with Crippen LogP contribution in [-0.4, -0.2) is 52.4 Å². The number of halogens is 1. The van der Waals surface area contributed by atoms with E-state index in [9.17, 15) is 4.79 Å². The minimum absolute atomic E-state index is 0.132. The Morgan fingerprint density at radius 2 is 2.10 bits per heavy atom. The summed E-state index contributed by atoms with van der Waals surface area (Å²) in [6, 6.07) is 8.75. The van der Waals surface area contributed by atoms with E-state index >= 15 is 0 Å². The van der Waals surface area contributed by atoms with Gasteiger partial charge in [-0.15, -0.1) is 0 Å². The molecular formula is C24H28ClN3O. The molecule has 6 rings (SSSR count). The first-order valence-corrected chi connectivity index (χ1v) is 11.6. The van der Waals surface area contributed by atoms with E-state index in [0.29, 0.717) is 22.6 Å². The van der Waals surface area contributed by atoms with Gasteiger partial charge in [0.2, 0.25) is 0 Å². The second-order valence-corrected chi connectivity index (χ2v) is 9.80. The highest BCUT2D eigenvalue weighted by molar-refractivity contribution is 6.35. The van der Waals surface area contributed by atoms with Gasteiger partial charge in [0.25, 0.3) is 5.91 Å².